The monoisotopic (exact) mass is 325 g/mol. The zero-order valence-electron chi connectivity index (χ0n) is 12.4. The molecule has 2 rings (SSSR count). The molecular weight excluding hydrogens is 302 g/mol. The van der Waals surface area contributed by atoms with E-state index >= 15 is 0 Å². The number of nitrogens with one attached hydrogen (secondary N) is 1. The second kappa shape index (κ2) is 5.39. The Bertz CT molecular complexity index is 445. The van der Waals surface area contributed by atoms with Crippen molar-refractivity contribution in [2.24, 2.45) is 5.41 Å². The van der Waals surface area contributed by atoms with Gasteiger partial charge in [0.1, 0.15) is 16.2 Å². The van der Waals surface area contributed by atoms with Crippen molar-refractivity contribution in [2.45, 2.75) is 58.8 Å². The highest BCUT2D eigenvalue weighted by molar-refractivity contribution is 9.10. The lowest BCUT2D eigenvalue weighted by atomic mass is 9.89. The van der Waals surface area contributed by atoms with Crippen molar-refractivity contribution in [1.29, 1.82) is 0 Å². The molecule has 0 saturated heterocycles. The van der Waals surface area contributed by atoms with E-state index in [1.54, 1.807) is 0 Å². The topological polar surface area (TPSA) is 37.8 Å². The third-order valence-electron chi connectivity index (χ3n) is 3.87. The van der Waals surface area contributed by atoms with Gasteiger partial charge in [-0.1, -0.05) is 40.5 Å². The lowest BCUT2D eigenvalue weighted by molar-refractivity contribution is 0.361. The smallest absolute Gasteiger partial charge is 0.137 e. The van der Waals surface area contributed by atoms with Gasteiger partial charge in [-0.3, -0.25) is 0 Å². The average molecular weight is 326 g/mol. The average Bonchev–Trinajstić information content (AvgIpc) is 2.72. The second-order valence-corrected chi connectivity index (χ2v) is 7.83. The Kier molecular flexibility index (Phi) is 4.19. The molecule has 4 heteroatoms. The van der Waals surface area contributed by atoms with Crippen molar-refractivity contribution in [3.63, 3.8) is 0 Å². The van der Waals surface area contributed by atoms with E-state index in [4.69, 9.17) is 0 Å². The van der Waals surface area contributed by atoms with Crippen LogP contribution in [0.2, 0.25) is 0 Å². The molecule has 106 valence electrons. The van der Waals surface area contributed by atoms with Crippen LogP contribution in [0, 0.1) is 5.41 Å². The molecule has 1 fully saturated rings. The van der Waals surface area contributed by atoms with Gasteiger partial charge in [-0.05, 0) is 34.2 Å². The highest BCUT2D eigenvalue weighted by Gasteiger charge is 2.28. The third-order valence-corrected chi connectivity index (χ3v) is 4.28. The second-order valence-electron chi connectivity index (χ2n) is 7.02. The lowest BCUT2D eigenvalue weighted by Crippen LogP contribution is -2.24. The van der Waals surface area contributed by atoms with Gasteiger partial charge in [0.2, 0.25) is 0 Å². The Hall–Kier alpha value is -0.640. The molecular formula is C15H24BrN3. The Labute approximate surface area is 124 Å². The van der Waals surface area contributed by atoms with Crippen molar-refractivity contribution in [3.8, 4) is 0 Å². The lowest BCUT2D eigenvalue weighted by Gasteiger charge is -2.25. The number of halogens is 1. The van der Waals surface area contributed by atoms with Crippen LogP contribution in [-0.4, -0.2) is 16.5 Å². The Morgan fingerprint density at radius 1 is 1.26 bits per heavy atom. The van der Waals surface area contributed by atoms with Gasteiger partial charge in [0.05, 0.1) is 0 Å². The van der Waals surface area contributed by atoms with E-state index in [0.29, 0.717) is 5.41 Å². The summed E-state index contributed by atoms with van der Waals surface area (Å²) in [7, 11) is 0. The SMILES string of the molecule is CC1(CNc2cc(Br)nc(C(C)(C)C)n2)CCCC1. The van der Waals surface area contributed by atoms with E-state index in [0.717, 1.165) is 22.8 Å². The number of rotatable bonds is 3. The number of hydrogen-bond donors (Lipinski definition) is 1. The maximum absolute atomic E-state index is 4.64. The summed E-state index contributed by atoms with van der Waals surface area (Å²) in [6.07, 6.45) is 5.36. The van der Waals surface area contributed by atoms with Crippen LogP contribution in [0.4, 0.5) is 5.82 Å². The Morgan fingerprint density at radius 2 is 1.89 bits per heavy atom. The summed E-state index contributed by atoms with van der Waals surface area (Å²) in [6, 6.07) is 1.97. The minimum atomic E-state index is -0.0303. The molecule has 1 aromatic heterocycles. The zero-order chi connectivity index (χ0) is 14.1. The first-order valence-electron chi connectivity index (χ1n) is 7.07. The fourth-order valence-electron chi connectivity index (χ4n) is 2.55. The molecule has 1 aromatic rings. The van der Waals surface area contributed by atoms with Crippen molar-refractivity contribution >= 4 is 21.7 Å². The molecule has 1 saturated carbocycles. The van der Waals surface area contributed by atoms with Crippen molar-refractivity contribution < 1.29 is 0 Å². The summed E-state index contributed by atoms with van der Waals surface area (Å²) >= 11 is 3.48. The quantitative estimate of drug-likeness (QED) is 0.829. The molecule has 0 aliphatic heterocycles. The van der Waals surface area contributed by atoms with Crippen LogP contribution in [-0.2, 0) is 5.41 Å². The van der Waals surface area contributed by atoms with E-state index in [1.807, 2.05) is 6.07 Å². The number of aromatic nitrogens is 2. The van der Waals surface area contributed by atoms with Crippen molar-refractivity contribution in [3.05, 3.63) is 16.5 Å². The predicted octanol–water partition coefficient (Wildman–Crippen LogP) is 4.53. The van der Waals surface area contributed by atoms with Gasteiger partial charge < -0.3 is 5.32 Å². The fourth-order valence-corrected chi connectivity index (χ4v) is 2.94. The van der Waals surface area contributed by atoms with E-state index in [2.05, 4.69) is 58.9 Å². The van der Waals surface area contributed by atoms with Gasteiger partial charge in [-0.15, -0.1) is 0 Å². The summed E-state index contributed by atoms with van der Waals surface area (Å²) in [6.45, 7) is 9.78. The first-order chi connectivity index (χ1) is 8.78. The first kappa shape index (κ1) is 14.8. The molecule has 1 aliphatic carbocycles. The molecule has 0 radical (unpaired) electrons. The third kappa shape index (κ3) is 3.91. The number of hydrogen-bond acceptors (Lipinski definition) is 3. The van der Waals surface area contributed by atoms with Crippen LogP contribution in [0.3, 0.4) is 0 Å². The summed E-state index contributed by atoms with van der Waals surface area (Å²) in [5, 5.41) is 3.50. The molecule has 1 heterocycles. The number of nitrogens with zero attached hydrogens (tertiary/aromatic N) is 2. The molecule has 19 heavy (non-hydrogen) atoms. The van der Waals surface area contributed by atoms with Crippen LogP contribution < -0.4 is 5.32 Å². The molecule has 0 spiro atoms. The normalized spacial score (nSPS) is 18.6. The summed E-state index contributed by atoms with van der Waals surface area (Å²) in [4.78, 5) is 9.11. The minimum absolute atomic E-state index is 0.0303. The first-order valence-corrected chi connectivity index (χ1v) is 7.87. The van der Waals surface area contributed by atoms with Crippen LogP contribution >= 0.6 is 15.9 Å². The van der Waals surface area contributed by atoms with Crippen LogP contribution in [0.25, 0.3) is 0 Å². The largest absolute Gasteiger partial charge is 0.369 e. The van der Waals surface area contributed by atoms with E-state index in [9.17, 15) is 0 Å². The van der Waals surface area contributed by atoms with Gasteiger partial charge in [-0.25, -0.2) is 9.97 Å². The highest BCUT2D eigenvalue weighted by atomic mass is 79.9. The summed E-state index contributed by atoms with van der Waals surface area (Å²) in [5.74, 6) is 1.81. The molecule has 0 atom stereocenters. The van der Waals surface area contributed by atoms with E-state index in [1.165, 1.54) is 25.7 Å². The van der Waals surface area contributed by atoms with Crippen molar-refractivity contribution in [1.82, 2.24) is 9.97 Å². The van der Waals surface area contributed by atoms with E-state index in [-0.39, 0.29) is 5.41 Å². The molecule has 0 aromatic carbocycles. The zero-order valence-corrected chi connectivity index (χ0v) is 14.0. The molecule has 0 amide bonds. The van der Waals surface area contributed by atoms with E-state index < -0.39 is 0 Å². The van der Waals surface area contributed by atoms with Crippen LogP contribution in [0.5, 0.6) is 0 Å². The summed E-state index contributed by atoms with van der Waals surface area (Å²) < 4.78 is 0.853. The van der Waals surface area contributed by atoms with Gasteiger partial charge in [-0.2, -0.15) is 0 Å². The van der Waals surface area contributed by atoms with Gasteiger partial charge in [0.25, 0.3) is 0 Å². The maximum atomic E-state index is 4.64. The fraction of sp³-hybridized carbons (Fsp3) is 0.733. The molecule has 0 bridgehead atoms. The Balaban J connectivity index is 2.10. The van der Waals surface area contributed by atoms with Crippen LogP contribution in [0.1, 0.15) is 59.2 Å². The van der Waals surface area contributed by atoms with Gasteiger partial charge >= 0.3 is 0 Å². The van der Waals surface area contributed by atoms with Crippen LogP contribution in [0.15, 0.2) is 10.7 Å². The highest BCUT2D eigenvalue weighted by Crippen LogP contribution is 2.37. The number of anilines is 1. The standard InChI is InChI=1S/C15H24BrN3/c1-14(2,3)13-18-11(16)9-12(19-13)17-10-15(4)7-5-6-8-15/h9H,5-8,10H2,1-4H3,(H,17,18,19). The predicted molar refractivity (Wildman–Crippen MR) is 83.5 cm³/mol. The molecule has 0 unspecified atom stereocenters. The van der Waals surface area contributed by atoms with Crippen molar-refractivity contribution in [2.75, 3.05) is 11.9 Å². The molecule has 1 aliphatic rings. The Morgan fingerprint density at radius 3 is 2.47 bits per heavy atom. The molecule has 3 nitrogen and oxygen atoms in total. The molecule has 1 N–H and O–H groups in total. The van der Waals surface area contributed by atoms with Gasteiger partial charge in [0, 0.05) is 18.0 Å². The minimum Gasteiger partial charge on any atom is -0.369 e. The maximum Gasteiger partial charge on any atom is 0.137 e. The summed E-state index contributed by atoms with van der Waals surface area (Å²) in [5.41, 5.74) is 0.400. The van der Waals surface area contributed by atoms with Gasteiger partial charge in [0.15, 0.2) is 0 Å².